The van der Waals surface area contributed by atoms with Gasteiger partial charge in [0.25, 0.3) is 0 Å². The van der Waals surface area contributed by atoms with Gasteiger partial charge in [-0.15, -0.1) is 0 Å². The van der Waals surface area contributed by atoms with E-state index < -0.39 is 6.29 Å². The summed E-state index contributed by atoms with van der Waals surface area (Å²) in [4.78, 5) is 18.9. The standard InChI is InChI=1S/C4H8N2O4/c7-4(3-6-9)10-2-1-5-8/h4,7H,1-3H2/t4-/m1/s1. The van der Waals surface area contributed by atoms with E-state index in [9.17, 15) is 9.81 Å². The Hall–Kier alpha value is -0.880. The van der Waals surface area contributed by atoms with Crippen LogP contribution in [0.2, 0.25) is 0 Å². The Morgan fingerprint density at radius 1 is 1.40 bits per heavy atom. The molecule has 0 aromatic rings. The highest BCUT2D eigenvalue weighted by molar-refractivity contribution is 4.45. The van der Waals surface area contributed by atoms with Crippen LogP contribution in [0.15, 0.2) is 10.4 Å². The van der Waals surface area contributed by atoms with Crippen molar-refractivity contribution in [3.63, 3.8) is 0 Å². The van der Waals surface area contributed by atoms with Gasteiger partial charge in [0.05, 0.1) is 6.61 Å². The molecule has 0 saturated heterocycles. The number of nitroso groups, excluding NO2 is 2. The summed E-state index contributed by atoms with van der Waals surface area (Å²) < 4.78 is 4.49. The number of aliphatic hydroxyl groups is 1. The second kappa shape index (κ2) is 6.24. The molecule has 0 aliphatic rings. The van der Waals surface area contributed by atoms with Crippen LogP contribution in [0.3, 0.4) is 0 Å². The third-order valence-electron chi connectivity index (χ3n) is 0.724. The molecule has 0 rings (SSSR count). The summed E-state index contributed by atoms with van der Waals surface area (Å²) >= 11 is 0. The first kappa shape index (κ1) is 9.12. The summed E-state index contributed by atoms with van der Waals surface area (Å²) in [7, 11) is 0. The van der Waals surface area contributed by atoms with Crippen LogP contribution >= 0.6 is 0 Å². The van der Waals surface area contributed by atoms with Crippen LogP contribution in [0.4, 0.5) is 0 Å². The van der Waals surface area contributed by atoms with Crippen LogP contribution in [0.25, 0.3) is 0 Å². The first-order valence-electron chi connectivity index (χ1n) is 2.69. The highest BCUT2D eigenvalue weighted by Crippen LogP contribution is 1.86. The van der Waals surface area contributed by atoms with Crippen molar-refractivity contribution in [2.24, 2.45) is 10.4 Å². The van der Waals surface area contributed by atoms with Crippen molar-refractivity contribution >= 4 is 0 Å². The molecule has 0 amide bonds. The Kier molecular flexibility index (Phi) is 5.69. The van der Waals surface area contributed by atoms with Gasteiger partial charge in [-0.25, -0.2) is 0 Å². The predicted octanol–water partition coefficient (Wildman–Crippen LogP) is -0.146. The SMILES string of the molecule is O=NCCO[C@@H](O)CN=O. The lowest BCUT2D eigenvalue weighted by Crippen LogP contribution is -2.16. The first-order valence-corrected chi connectivity index (χ1v) is 2.69. The number of nitrogens with zero attached hydrogens (tertiary/aromatic N) is 2. The van der Waals surface area contributed by atoms with E-state index in [0.717, 1.165) is 0 Å². The Morgan fingerprint density at radius 2 is 2.10 bits per heavy atom. The van der Waals surface area contributed by atoms with E-state index in [1.807, 2.05) is 0 Å². The zero-order valence-electron chi connectivity index (χ0n) is 5.27. The highest BCUT2D eigenvalue weighted by atomic mass is 16.6. The molecule has 0 fully saturated rings. The van der Waals surface area contributed by atoms with Crippen LogP contribution < -0.4 is 0 Å². The Labute approximate surface area is 57.1 Å². The molecule has 58 valence electrons. The summed E-state index contributed by atoms with van der Waals surface area (Å²) in [5, 5.41) is 13.5. The van der Waals surface area contributed by atoms with Gasteiger partial charge in [0.15, 0.2) is 6.29 Å². The normalized spacial score (nSPS) is 12.5. The molecule has 0 spiro atoms. The molecule has 0 aliphatic heterocycles. The lowest BCUT2D eigenvalue weighted by atomic mass is 10.6. The second-order valence-corrected chi connectivity index (χ2v) is 1.49. The van der Waals surface area contributed by atoms with Crippen molar-refractivity contribution in [1.82, 2.24) is 0 Å². The minimum atomic E-state index is -1.21. The van der Waals surface area contributed by atoms with Gasteiger partial charge in [-0.1, -0.05) is 10.4 Å². The molecule has 0 heterocycles. The fourth-order valence-corrected chi connectivity index (χ4v) is 0.342. The quantitative estimate of drug-likeness (QED) is 0.322. The van der Waals surface area contributed by atoms with Gasteiger partial charge in [0.2, 0.25) is 0 Å². The van der Waals surface area contributed by atoms with E-state index >= 15 is 0 Å². The summed E-state index contributed by atoms with van der Waals surface area (Å²) in [6.45, 7) is -0.338. The lowest BCUT2D eigenvalue weighted by molar-refractivity contribution is -0.0881. The minimum Gasteiger partial charge on any atom is -0.366 e. The average Bonchev–Trinajstić information content (AvgIpc) is 1.89. The van der Waals surface area contributed by atoms with Crippen molar-refractivity contribution in [2.75, 3.05) is 19.7 Å². The van der Waals surface area contributed by atoms with E-state index in [4.69, 9.17) is 5.11 Å². The average molecular weight is 148 g/mol. The summed E-state index contributed by atoms with van der Waals surface area (Å²) in [5.74, 6) is 0. The summed E-state index contributed by atoms with van der Waals surface area (Å²) in [6, 6.07) is 0. The largest absolute Gasteiger partial charge is 0.366 e. The van der Waals surface area contributed by atoms with Crippen molar-refractivity contribution in [1.29, 1.82) is 0 Å². The molecule has 1 atom stereocenters. The van der Waals surface area contributed by atoms with Crippen LogP contribution in [0.1, 0.15) is 0 Å². The third kappa shape index (κ3) is 5.26. The van der Waals surface area contributed by atoms with Crippen molar-refractivity contribution in [2.45, 2.75) is 6.29 Å². The first-order chi connectivity index (χ1) is 4.81. The van der Waals surface area contributed by atoms with Gasteiger partial charge in [0.1, 0.15) is 13.1 Å². The maximum absolute atomic E-state index is 9.47. The summed E-state index contributed by atoms with van der Waals surface area (Å²) in [5.41, 5.74) is 0. The molecule has 10 heavy (non-hydrogen) atoms. The van der Waals surface area contributed by atoms with Crippen LogP contribution in [0.5, 0.6) is 0 Å². The van der Waals surface area contributed by atoms with Gasteiger partial charge < -0.3 is 9.84 Å². The van der Waals surface area contributed by atoms with E-state index in [-0.39, 0.29) is 19.7 Å². The predicted molar refractivity (Wildman–Crippen MR) is 33.3 cm³/mol. The number of hydrogen-bond acceptors (Lipinski definition) is 6. The zero-order chi connectivity index (χ0) is 7.82. The molecule has 0 unspecified atom stereocenters. The second-order valence-electron chi connectivity index (χ2n) is 1.49. The van der Waals surface area contributed by atoms with E-state index in [0.29, 0.717) is 0 Å². The number of hydrogen-bond donors (Lipinski definition) is 1. The molecule has 0 radical (unpaired) electrons. The molecule has 0 aliphatic carbocycles. The molecule has 0 aromatic heterocycles. The fourth-order valence-electron chi connectivity index (χ4n) is 0.342. The molecule has 1 N–H and O–H groups in total. The molecule has 0 aromatic carbocycles. The number of ether oxygens (including phenoxy) is 1. The Balaban J connectivity index is 3.11. The molecular weight excluding hydrogens is 140 g/mol. The van der Waals surface area contributed by atoms with Gasteiger partial charge in [-0.2, -0.15) is 9.81 Å². The summed E-state index contributed by atoms with van der Waals surface area (Å²) in [6.07, 6.45) is -1.21. The third-order valence-corrected chi connectivity index (χ3v) is 0.724. The highest BCUT2D eigenvalue weighted by Gasteiger charge is 2.01. The zero-order valence-corrected chi connectivity index (χ0v) is 5.27. The van der Waals surface area contributed by atoms with Crippen molar-refractivity contribution in [3.05, 3.63) is 9.81 Å². The molecule has 0 saturated carbocycles. The maximum Gasteiger partial charge on any atom is 0.177 e. The number of rotatable bonds is 6. The Bertz CT molecular complexity index is 107. The van der Waals surface area contributed by atoms with E-state index in [1.165, 1.54) is 0 Å². The van der Waals surface area contributed by atoms with Gasteiger partial charge in [-0.3, -0.25) is 0 Å². The fraction of sp³-hybridized carbons (Fsp3) is 1.00. The van der Waals surface area contributed by atoms with Crippen molar-refractivity contribution in [3.8, 4) is 0 Å². The monoisotopic (exact) mass is 148 g/mol. The van der Waals surface area contributed by atoms with Crippen LogP contribution in [0, 0.1) is 9.81 Å². The maximum atomic E-state index is 9.47. The molecule has 0 bridgehead atoms. The topological polar surface area (TPSA) is 88.3 Å². The van der Waals surface area contributed by atoms with Crippen LogP contribution in [-0.4, -0.2) is 31.1 Å². The van der Waals surface area contributed by atoms with Gasteiger partial charge in [0, 0.05) is 0 Å². The van der Waals surface area contributed by atoms with E-state index in [1.54, 1.807) is 0 Å². The smallest absolute Gasteiger partial charge is 0.177 e. The molecular formula is C4H8N2O4. The number of aliphatic hydroxyl groups excluding tert-OH is 1. The van der Waals surface area contributed by atoms with Gasteiger partial charge >= 0.3 is 0 Å². The lowest BCUT2D eigenvalue weighted by Gasteiger charge is -2.04. The molecule has 6 heteroatoms. The molecule has 6 nitrogen and oxygen atoms in total. The Morgan fingerprint density at radius 3 is 2.60 bits per heavy atom. The van der Waals surface area contributed by atoms with Gasteiger partial charge in [-0.05, 0) is 0 Å². The minimum absolute atomic E-state index is 0.0141. The van der Waals surface area contributed by atoms with E-state index in [2.05, 4.69) is 15.1 Å². The van der Waals surface area contributed by atoms with Crippen LogP contribution in [-0.2, 0) is 4.74 Å². The van der Waals surface area contributed by atoms with Crippen molar-refractivity contribution < 1.29 is 9.84 Å².